The van der Waals surface area contributed by atoms with Crippen molar-refractivity contribution in [1.29, 1.82) is 0 Å². The molecule has 18 heavy (non-hydrogen) atoms. The molecular formula is C15H25NO2. The number of ether oxygens (including phenoxy) is 2. The molecule has 102 valence electrons. The lowest BCUT2D eigenvalue weighted by Crippen LogP contribution is -2.21. The summed E-state index contributed by atoms with van der Waals surface area (Å²) in [4.78, 5) is 0. The number of nitrogens with one attached hydrogen (secondary N) is 1. The number of rotatable bonds is 8. The molecular weight excluding hydrogens is 226 g/mol. The second-order valence-electron chi connectivity index (χ2n) is 4.76. The van der Waals surface area contributed by atoms with Crippen LogP contribution in [0.3, 0.4) is 0 Å². The van der Waals surface area contributed by atoms with Crippen LogP contribution in [0.4, 0.5) is 0 Å². The molecule has 0 aliphatic rings. The van der Waals surface area contributed by atoms with Crippen molar-refractivity contribution >= 4 is 0 Å². The van der Waals surface area contributed by atoms with E-state index in [9.17, 15) is 0 Å². The van der Waals surface area contributed by atoms with Crippen LogP contribution in [0.25, 0.3) is 0 Å². The minimum Gasteiger partial charge on any atom is -0.488 e. The molecule has 0 spiro atoms. The molecule has 2 unspecified atom stereocenters. The van der Waals surface area contributed by atoms with Gasteiger partial charge in [0.25, 0.3) is 0 Å². The zero-order valence-electron chi connectivity index (χ0n) is 11.9. The summed E-state index contributed by atoms with van der Waals surface area (Å²) in [7, 11) is 3.69. The molecule has 0 aliphatic heterocycles. The van der Waals surface area contributed by atoms with Gasteiger partial charge in [0, 0.05) is 13.2 Å². The van der Waals surface area contributed by atoms with Gasteiger partial charge in [0.15, 0.2) is 0 Å². The van der Waals surface area contributed by atoms with Crippen LogP contribution in [-0.4, -0.2) is 32.9 Å². The normalized spacial score (nSPS) is 14.2. The summed E-state index contributed by atoms with van der Waals surface area (Å²) in [5.41, 5.74) is 1.35. The minimum absolute atomic E-state index is 0.0881. The van der Waals surface area contributed by atoms with Gasteiger partial charge in [-0.25, -0.2) is 0 Å². The van der Waals surface area contributed by atoms with Gasteiger partial charge in [-0.1, -0.05) is 12.1 Å². The summed E-state index contributed by atoms with van der Waals surface area (Å²) in [6, 6.07) is 8.90. The molecule has 1 aromatic rings. The van der Waals surface area contributed by atoms with Crippen molar-refractivity contribution in [1.82, 2.24) is 5.32 Å². The van der Waals surface area contributed by atoms with Crippen molar-refractivity contribution in [3.8, 4) is 5.75 Å². The second-order valence-corrected chi connectivity index (χ2v) is 4.76. The zero-order valence-corrected chi connectivity index (χ0v) is 11.9. The lowest BCUT2D eigenvalue weighted by Gasteiger charge is -2.14. The van der Waals surface area contributed by atoms with E-state index in [0.29, 0.717) is 12.6 Å². The monoisotopic (exact) mass is 251 g/mol. The average Bonchev–Trinajstić information content (AvgIpc) is 2.37. The van der Waals surface area contributed by atoms with Gasteiger partial charge in [0.2, 0.25) is 0 Å². The quantitative estimate of drug-likeness (QED) is 0.770. The summed E-state index contributed by atoms with van der Waals surface area (Å²) in [6.45, 7) is 4.82. The zero-order chi connectivity index (χ0) is 13.4. The van der Waals surface area contributed by atoms with Crippen molar-refractivity contribution in [3.63, 3.8) is 0 Å². The highest BCUT2D eigenvalue weighted by Crippen LogP contribution is 2.15. The Hall–Kier alpha value is -1.06. The Bertz CT molecular complexity index is 324. The molecule has 0 fully saturated rings. The molecule has 0 amide bonds. The van der Waals surface area contributed by atoms with Gasteiger partial charge in [-0.15, -0.1) is 0 Å². The van der Waals surface area contributed by atoms with E-state index in [1.807, 2.05) is 26.1 Å². The minimum atomic E-state index is 0.0881. The third-order valence-corrected chi connectivity index (χ3v) is 3.02. The van der Waals surface area contributed by atoms with Crippen LogP contribution in [-0.2, 0) is 11.2 Å². The predicted octanol–water partition coefficient (Wildman–Crippen LogP) is 2.64. The molecule has 0 aromatic heterocycles. The van der Waals surface area contributed by atoms with Crippen LogP contribution in [0.5, 0.6) is 5.75 Å². The van der Waals surface area contributed by atoms with Gasteiger partial charge in [0.1, 0.15) is 11.9 Å². The van der Waals surface area contributed by atoms with Gasteiger partial charge in [0.05, 0.1) is 6.61 Å². The van der Waals surface area contributed by atoms with E-state index in [1.165, 1.54) is 5.56 Å². The van der Waals surface area contributed by atoms with Crippen molar-refractivity contribution < 1.29 is 9.47 Å². The fourth-order valence-corrected chi connectivity index (χ4v) is 1.76. The first kappa shape index (κ1) is 15.0. The van der Waals surface area contributed by atoms with E-state index in [4.69, 9.17) is 9.47 Å². The standard InChI is InChI=1S/C15H25NO2/c1-12(16-3)5-6-14-7-9-15(10-8-14)18-13(2)11-17-4/h7-10,12-13,16H,5-6,11H2,1-4H3. The lowest BCUT2D eigenvalue weighted by atomic mass is 10.1. The third kappa shape index (κ3) is 5.52. The first-order valence-corrected chi connectivity index (χ1v) is 6.57. The largest absolute Gasteiger partial charge is 0.488 e. The fourth-order valence-electron chi connectivity index (χ4n) is 1.76. The van der Waals surface area contributed by atoms with Gasteiger partial charge in [-0.2, -0.15) is 0 Å². The Morgan fingerprint density at radius 3 is 2.39 bits per heavy atom. The predicted molar refractivity (Wildman–Crippen MR) is 75.3 cm³/mol. The molecule has 1 N–H and O–H groups in total. The van der Waals surface area contributed by atoms with Gasteiger partial charge in [-0.3, -0.25) is 0 Å². The molecule has 1 rings (SSSR count). The van der Waals surface area contributed by atoms with Gasteiger partial charge >= 0.3 is 0 Å². The molecule has 0 radical (unpaired) electrons. The molecule has 3 nitrogen and oxygen atoms in total. The van der Waals surface area contributed by atoms with Crippen LogP contribution in [0, 0.1) is 0 Å². The Morgan fingerprint density at radius 1 is 1.17 bits per heavy atom. The summed E-state index contributed by atoms with van der Waals surface area (Å²) in [5.74, 6) is 0.907. The molecule has 0 saturated heterocycles. The molecule has 3 heteroatoms. The number of aryl methyl sites for hydroxylation is 1. The third-order valence-electron chi connectivity index (χ3n) is 3.02. The second kappa shape index (κ2) is 8.11. The maximum absolute atomic E-state index is 5.72. The Morgan fingerprint density at radius 2 is 1.83 bits per heavy atom. The smallest absolute Gasteiger partial charge is 0.119 e. The first-order chi connectivity index (χ1) is 8.65. The highest BCUT2D eigenvalue weighted by Gasteiger charge is 2.04. The summed E-state index contributed by atoms with van der Waals surface area (Å²) >= 11 is 0. The average molecular weight is 251 g/mol. The number of hydrogen-bond acceptors (Lipinski definition) is 3. The van der Waals surface area contributed by atoms with Crippen LogP contribution in [0.2, 0.25) is 0 Å². The Kier molecular flexibility index (Phi) is 6.76. The SMILES string of the molecule is CNC(C)CCc1ccc(OC(C)COC)cc1. The Labute approximate surface area is 110 Å². The highest BCUT2D eigenvalue weighted by molar-refractivity contribution is 5.27. The van der Waals surface area contributed by atoms with E-state index >= 15 is 0 Å². The summed E-state index contributed by atoms with van der Waals surface area (Å²) in [6.07, 6.45) is 2.33. The van der Waals surface area contributed by atoms with E-state index in [2.05, 4.69) is 24.4 Å². The van der Waals surface area contributed by atoms with Crippen LogP contribution < -0.4 is 10.1 Å². The number of benzene rings is 1. The number of methoxy groups -OCH3 is 1. The van der Waals surface area contributed by atoms with Crippen molar-refractivity contribution in [2.24, 2.45) is 0 Å². The highest BCUT2D eigenvalue weighted by atomic mass is 16.5. The van der Waals surface area contributed by atoms with E-state index in [-0.39, 0.29) is 6.10 Å². The molecule has 1 aromatic carbocycles. The van der Waals surface area contributed by atoms with Crippen molar-refractivity contribution in [3.05, 3.63) is 29.8 Å². The summed E-state index contributed by atoms with van der Waals surface area (Å²) in [5, 5.41) is 3.25. The first-order valence-electron chi connectivity index (χ1n) is 6.57. The lowest BCUT2D eigenvalue weighted by molar-refractivity contribution is 0.0921. The molecule has 0 aliphatic carbocycles. The van der Waals surface area contributed by atoms with E-state index < -0.39 is 0 Å². The molecule has 0 bridgehead atoms. The van der Waals surface area contributed by atoms with Crippen LogP contribution in [0.15, 0.2) is 24.3 Å². The van der Waals surface area contributed by atoms with Crippen molar-refractivity contribution in [2.75, 3.05) is 20.8 Å². The van der Waals surface area contributed by atoms with Crippen molar-refractivity contribution in [2.45, 2.75) is 38.8 Å². The topological polar surface area (TPSA) is 30.5 Å². The van der Waals surface area contributed by atoms with E-state index in [1.54, 1.807) is 7.11 Å². The van der Waals surface area contributed by atoms with Gasteiger partial charge < -0.3 is 14.8 Å². The molecule has 2 atom stereocenters. The van der Waals surface area contributed by atoms with Crippen LogP contribution in [0.1, 0.15) is 25.8 Å². The Balaban J connectivity index is 2.42. The van der Waals surface area contributed by atoms with Gasteiger partial charge in [-0.05, 0) is 51.4 Å². The maximum Gasteiger partial charge on any atom is 0.119 e. The molecule has 0 saturated carbocycles. The maximum atomic E-state index is 5.72. The summed E-state index contributed by atoms with van der Waals surface area (Å²) < 4.78 is 10.8. The fraction of sp³-hybridized carbons (Fsp3) is 0.600. The van der Waals surface area contributed by atoms with Crippen LogP contribution >= 0.6 is 0 Å². The number of hydrogen-bond donors (Lipinski definition) is 1. The molecule has 0 heterocycles. The van der Waals surface area contributed by atoms with E-state index in [0.717, 1.165) is 18.6 Å².